The fraction of sp³-hybridized carbons (Fsp3) is 0.696. The maximum Gasteiger partial charge on any atom is 0.345 e. The van der Waals surface area contributed by atoms with Crippen LogP contribution in [-0.2, 0) is 30.8 Å². The largest absolute Gasteiger partial charge is 0.385 e. The molecule has 8 heteroatoms. The molecule has 3 aliphatic rings. The number of nitrogens with zero attached hydrogens (tertiary/aromatic N) is 5. The molecule has 1 saturated carbocycles. The fourth-order valence-electron chi connectivity index (χ4n) is 5.45. The minimum atomic E-state index is -0.00169. The van der Waals surface area contributed by atoms with Crippen LogP contribution in [0.1, 0.15) is 59.7 Å². The lowest BCUT2D eigenvalue weighted by Gasteiger charge is -2.28. The Morgan fingerprint density at radius 1 is 1.19 bits per heavy atom. The van der Waals surface area contributed by atoms with E-state index in [9.17, 15) is 9.59 Å². The van der Waals surface area contributed by atoms with E-state index in [1.54, 1.807) is 11.8 Å². The standard InChI is InChI=1S/C23H33N5O3/c1-15-11-20(16(2)25(15)9-4-10-31-3)22(29)28-18-7-8-19(28)14-26-21(12-18)24-27(23(26)30)13-17-5-6-17/h11,17-19H,4-10,12-14H2,1-3H3/t18-,19+/m0/s1. The highest BCUT2D eigenvalue weighted by Gasteiger charge is 2.42. The number of amides is 1. The molecule has 0 spiro atoms. The highest BCUT2D eigenvalue weighted by Crippen LogP contribution is 2.34. The third kappa shape index (κ3) is 3.64. The summed E-state index contributed by atoms with van der Waals surface area (Å²) in [5.41, 5.74) is 2.91. The summed E-state index contributed by atoms with van der Waals surface area (Å²) in [6.45, 7) is 6.96. The van der Waals surface area contributed by atoms with Crippen LogP contribution in [0.25, 0.3) is 0 Å². The Hall–Kier alpha value is -2.35. The summed E-state index contributed by atoms with van der Waals surface area (Å²) < 4.78 is 10.9. The SMILES string of the molecule is COCCCn1c(C)cc(C(=O)N2[C@@H]3CC[C@H]2Cc2nn(CC4CC4)c(=O)n2C3)c1C. The van der Waals surface area contributed by atoms with Crippen molar-refractivity contribution in [3.05, 3.63) is 39.3 Å². The summed E-state index contributed by atoms with van der Waals surface area (Å²) in [6.07, 6.45) is 5.92. The van der Waals surface area contributed by atoms with Gasteiger partial charge in [0.15, 0.2) is 0 Å². The minimum Gasteiger partial charge on any atom is -0.385 e. The monoisotopic (exact) mass is 427 g/mol. The third-order valence-corrected chi connectivity index (χ3v) is 7.33. The molecule has 1 saturated heterocycles. The van der Waals surface area contributed by atoms with Gasteiger partial charge in [-0.25, -0.2) is 9.48 Å². The van der Waals surface area contributed by atoms with E-state index < -0.39 is 0 Å². The summed E-state index contributed by atoms with van der Waals surface area (Å²) in [7, 11) is 1.71. The zero-order chi connectivity index (χ0) is 21.7. The number of ether oxygens (including phenoxy) is 1. The van der Waals surface area contributed by atoms with Gasteiger partial charge in [0.2, 0.25) is 0 Å². The first-order chi connectivity index (χ1) is 15.0. The molecule has 2 atom stereocenters. The summed E-state index contributed by atoms with van der Waals surface area (Å²) >= 11 is 0. The number of methoxy groups -OCH3 is 1. The van der Waals surface area contributed by atoms with Crippen molar-refractivity contribution in [2.75, 3.05) is 13.7 Å². The first-order valence-electron chi connectivity index (χ1n) is 11.6. The van der Waals surface area contributed by atoms with Crippen LogP contribution in [0, 0.1) is 19.8 Å². The predicted molar refractivity (Wildman–Crippen MR) is 116 cm³/mol. The number of carbonyl (C=O) groups is 1. The Morgan fingerprint density at radius 2 is 1.97 bits per heavy atom. The summed E-state index contributed by atoms with van der Waals surface area (Å²) in [5.74, 6) is 1.56. The molecule has 2 aliphatic heterocycles. The maximum absolute atomic E-state index is 13.7. The topological polar surface area (TPSA) is 74.3 Å². The lowest BCUT2D eigenvalue weighted by Crippen LogP contribution is -2.43. The van der Waals surface area contributed by atoms with Crippen molar-refractivity contribution in [3.8, 4) is 0 Å². The van der Waals surface area contributed by atoms with Crippen molar-refractivity contribution >= 4 is 5.91 Å². The highest BCUT2D eigenvalue weighted by atomic mass is 16.5. The normalized spacial score (nSPS) is 22.6. The quantitative estimate of drug-likeness (QED) is 0.635. The molecule has 1 amide bonds. The fourth-order valence-corrected chi connectivity index (χ4v) is 5.45. The lowest BCUT2D eigenvalue weighted by atomic mass is 10.1. The molecule has 4 heterocycles. The summed E-state index contributed by atoms with van der Waals surface area (Å²) in [6, 6.07) is 2.20. The van der Waals surface area contributed by atoms with Gasteiger partial charge < -0.3 is 14.2 Å². The van der Waals surface area contributed by atoms with E-state index in [4.69, 9.17) is 4.74 Å². The Kier molecular flexibility index (Phi) is 5.28. The molecule has 2 bridgehead atoms. The second-order valence-electron chi connectivity index (χ2n) is 9.52. The van der Waals surface area contributed by atoms with Crippen LogP contribution in [0.5, 0.6) is 0 Å². The first kappa shape index (κ1) is 20.5. The van der Waals surface area contributed by atoms with Crippen molar-refractivity contribution in [1.82, 2.24) is 23.8 Å². The van der Waals surface area contributed by atoms with Gasteiger partial charge in [-0.1, -0.05) is 0 Å². The van der Waals surface area contributed by atoms with Gasteiger partial charge in [-0.3, -0.25) is 9.36 Å². The van der Waals surface area contributed by atoms with Crippen molar-refractivity contribution in [2.45, 2.75) is 84.1 Å². The molecule has 2 fully saturated rings. The zero-order valence-electron chi connectivity index (χ0n) is 18.8. The zero-order valence-corrected chi connectivity index (χ0v) is 18.8. The van der Waals surface area contributed by atoms with Gasteiger partial charge in [-0.2, -0.15) is 5.10 Å². The molecule has 1 aliphatic carbocycles. The predicted octanol–water partition coefficient (Wildman–Crippen LogP) is 2.14. The average molecular weight is 428 g/mol. The molecule has 168 valence electrons. The van der Waals surface area contributed by atoms with Gasteiger partial charge >= 0.3 is 5.69 Å². The van der Waals surface area contributed by atoms with E-state index in [-0.39, 0.29) is 23.7 Å². The molecule has 0 unspecified atom stereocenters. The van der Waals surface area contributed by atoms with E-state index in [0.717, 1.165) is 55.1 Å². The molecule has 5 rings (SSSR count). The number of rotatable bonds is 7. The van der Waals surface area contributed by atoms with Gasteiger partial charge in [0.25, 0.3) is 5.91 Å². The first-order valence-corrected chi connectivity index (χ1v) is 11.6. The third-order valence-electron chi connectivity index (χ3n) is 7.33. The Balaban J connectivity index is 1.38. The van der Waals surface area contributed by atoms with Crippen LogP contribution in [0.4, 0.5) is 0 Å². The van der Waals surface area contributed by atoms with Gasteiger partial charge in [-0.15, -0.1) is 0 Å². The molecule has 31 heavy (non-hydrogen) atoms. The number of carbonyl (C=O) groups excluding carboxylic acids is 1. The van der Waals surface area contributed by atoms with Crippen LogP contribution in [0.3, 0.4) is 0 Å². The van der Waals surface area contributed by atoms with Gasteiger partial charge in [0.05, 0.1) is 11.6 Å². The van der Waals surface area contributed by atoms with E-state index in [2.05, 4.69) is 21.5 Å². The molecule has 8 nitrogen and oxygen atoms in total. The molecule has 2 aromatic rings. The van der Waals surface area contributed by atoms with Crippen LogP contribution < -0.4 is 5.69 Å². The van der Waals surface area contributed by atoms with Gasteiger partial charge in [-0.05, 0) is 57.9 Å². The van der Waals surface area contributed by atoms with Gasteiger partial charge in [0.1, 0.15) is 5.82 Å². The van der Waals surface area contributed by atoms with Crippen molar-refractivity contribution < 1.29 is 9.53 Å². The van der Waals surface area contributed by atoms with E-state index in [0.29, 0.717) is 25.5 Å². The lowest BCUT2D eigenvalue weighted by molar-refractivity contribution is 0.0664. The second kappa shape index (κ2) is 7.97. The number of hydrogen-bond acceptors (Lipinski definition) is 4. The van der Waals surface area contributed by atoms with Crippen LogP contribution in [0.2, 0.25) is 0 Å². The number of aromatic nitrogens is 4. The average Bonchev–Trinajstić information content (AvgIpc) is 3.36. The van der Waals surface area contributed by atoms with Crippen LogP contribution >= 0.6 is 0 Å². The number of fused-ring (bicyclic) bond motifs is 3. The highest BCUT2D eigenvalue weighted by molar-refractivity contribution is 5.96. The van der Waals surface area contributed by atoms with Crippen LogP contribution in [0.15, 0.2) is 10.9 Å². The number of aryl methyl sites for hydroxylation is 1. The molecule has 0 aromatic carbocycles. The van der Waals surface area contributed by atoms with Crippen LogP contribution in [-0.4, -0.2) is 55.5 Å². The van der Waals surface area contributed by atoms with E-state index >= 15 is 0 Å². The molecular weight excluding hydrogens is 394 g/mol. The van der Waals surface area contributed by atoms with E-state index in [1.165, 1.54) is 12.8 Å². The number of hydrogen-bond donors (Lipinski definition) is 0. The summed E-state index contributed by atoms with van der Waals surface area (Å²) in [4.78, 5) is 28.7. The Bertz CT molecular complexity index is 1040. The minimum absolute atomic E-state index is 0.00169. The van der Waals surface area contributed by atoms with E-state index in [1.807, 2.05) is 17.6 Å². The Morgan fingerprint density at radius 3 is 2.71 bits per heavy atom. The van der Waals surface area contributed by atoms with Crippen molar-refractivity contribution in [3.63, 3.8) is 0 Å². The van der Waals surface area contributed by atoms with Crippen molar-refractivity contribution in [1.29, 1.82) is 0 Å². The summed E-state index contributed by atoms with van der Waals surface area (Å²) in [5, 5.41) is 4.67. The maximum atomic E-state index is 13.7. The smallest absolute Gasteiger partial charge is 0.345 e. The molecule has 0 radical (unpaired) electrons. The second-order valence-corrected chi connectivity index (χ2v) is 9.52. The van der Waals surface area contributed by atoms with Crippen molar-refractivity contribution in [2.24, 2.45) is 5.92 Å². The van der Waals surface area contributed by atoms with Gasteiger partial charge in [0, 0.05) is 57.2 Å². The molecule has 2 aromatic heterocycles. The molecule has 0 N–H and O–H groups in total. The Labute approximate surface area is 182 Å². The molecular formula is C23H33N5O3.